The molecule has 1 N–H and O–H groups in total. The van der Waals surface area contributed by atoms with Crippen LogP contribution in [-0.4, -0.2) is 15.7 Å². The van der Waals surface area contributed by atoms with Crippen LogP contribution in [0.5, 0.6) is 0 Å². The highest BCUT2D eigenvalue weighted by molar-refractivity contribution is 5.79. The number of nitrogens with zero attached hydrogens (tertiary/aromatic N) is 2. The molecule has 1 unspecified atom stereocenters. The number of carbonyl (C=O) groups is 1. The second kappa shape index (κ2) is 7.17. The molecule has 0 radical (unpaired) electrons. The highest BCUT2D eigenvalue weighted by atomic mass is 16.3. The molecule has 0 aliphatic rings. The van der Waals surface area contributed by atoms with Crippen LogP contribution in [-0.2, 0) is 11.3 Å². The number of aromatic nitrogens is 2. The quantitative estimate of drug-likeness (QED) is 0.776. The molecule has 0 saturated carbocycles. The van der Waals surface area contributed by atoms with Crippen molar-refractivity contribution in [1.82, 2.24) is 15.1 Å². The summed E-state index contributed by atoms with van der Waals surface area (Å²) < 4.78 is 6.38. The van der Waals surface area contributed by atoms with Crippen LogP contribution in [0.4, 0.5) is 0 Å². The van der Waals surface area contributed by atoms with Crippen LogP contribution in [0.1, 0.15) is 24.3 Å². The van der Waals surface area contributed by atoms with Crippen molar-refractivity contribution in [2.24, 2.45) is 0 Å². The van der Waals surface area contributed by atoms with Crippen molar-refractivity contribution < 1.29 is 9.21 Å². The Kier molecular flexibility index (Phi) is 4.79. The molecule has 6 nitrogen and oxygen atoms in total. The maximum Gasteiger partial charge on any atom is 0.267 e. The van der Waals surface area contributed by atoms with E-state index in [1.807, 2.05) is 31.2 Å². The van der Waals surface area contributed by atoms with Crippen LogP contribution >= 0.6 is 0 Å². The summed E-state index contributed by atoms with van der Waals surface area (Å²) in [5.41, 5.74) is 2.35. The first-order valence-electron chi connectivity index (χ1n) is 8.01. The van der Waals surface area contributed by atoms with Crippen LogP contribution in [0.25, 0.3) is 11.3 Å². The Bertz CT molecular complexity index is 912. The molecule has 2 heterocycles. The second-order valence-corrected chi connectivity index (χ2v) is 5.84. The fourth-order valence-corrected chi connectivity index (χ4v) is 2.43. The Balaban J connectivity index is 1.80. The molecular formula is C19H19N3O3. The number of hydrogen-bond acceptors (Lipinski definition) is 4. The largest absolute Gasteiger partial charge is 0.467 e. The van der Waals surface area contributed by atoms with Gasteiger partial charge in [-0.05, 0) is 32.0 Å². The van der Waals surface area contributed by atoms with E-state index in [2.05, 4.69) is 10.4 Å². The van der Waals surface area contributed by atoms with Gasteiger partial charge >= 0.3 is 0 Å². The number of hydrogen-bond donors (Lipinski definition) is 1. The van der Waals surface area contributed by atoms with Gasteiger partial charge in [0, 0.05) is 11.6 Å². The molecule has 0 aliphatic carbocycles. The Labute approximate surface area is 145 Å². The highest BCUT2D eigenvalue weighted by Gasteiger charge is 2.18. The minimum atomic E-state index is -0.729. The van der Waals surface area contributed by atoms with Crippen LogP contribution in [0.2, 0.25) is 0 Å². The van der Waals surface area contributed by atoms with E-state index >= 15 is 0 Å². The first kappa shape index (κ1) is 16.7. The molecule has 1 aromatic carbocycles. The fraction of sp³-hybridized carbons (Fsp3) is 0.211. The van der Waals surface area contributed by atoms with Crippen LogP contribution in [0.3, 0.4) is 0 Å². The first-order chi connectivity index (χ1) is 12.0. The van der Waals surface area contributed by atoms with Crippen LogP contribution in [0, 0.1) is 6.92 Å². The zero-order chi connectivity index (χ0) is 17.8. The highest BCUT2D eigenvalue weighted by Crippen LogP contribution is 2.16. The topological polar surface area (TPSA) is 77.1 Å². The van der Waals surface area contributed by atoms with Gasteiger partial charge in [0.15, 0.2) is 0 Å². The predicted octanol–water partition coefficient (Wildman–Crippen LogP) is 2.69. The van der Waals surface area contributed by atoms with Gasteiger partial charge < -0.3 is 9.73 Å². The number of benzene rings is 1. The zero-order valence-electron chi connectivity index (χ0n) is 14.1. The van der Waals surface area contributed by atoms with Crippen molar-refractivity contribution in [1.29, 1.82) is 0 Å². The van der Waals surface area contributed by atoms with Crippen LogP contribution in [0.15, 0.2) is 64.0 Å². The summed E-state index contributed by atoms with van der Waals surface area (Å²) in [6.07, 6.45) is 1.54. The van der Waals surface area contributed by atoms with Gasteiger partial charge in [0.05, 0.1) is 18.5 Å². The van der Waals surface area contributed by atoms with Crippen molar-refractivity contribution in [3.63, 3.8) is 0 Å². The van der Waals surface area contributed by atoms with E-state index < -0.39 is 6.04 Å². The molecule has 2 aromatic heterocycles. The smallest absolute Gasteiger partial charge is 0.267 e. The lowest BCUT2D eigenvalue weighted by atomic mass is 10.1. The number of amides is 1. The third kappa shape index (κ3) is 3.85. The average Bonchev–Trinajstić information content (AvgIpc) is 3.14. The molecule has 3 aromatic rings. The number of furan rings is 1. The lowest BCUT2D eigenvalue weighted by molar-refractivity contribution is -0.124. The summed E-state index contributed by atoms with van der Waals surface area (Å²) >= 11 is 0. The monoisotopic (exact) mass is 337 g/mol. The van der Waals surface area contributed by atoms with Gasteiger partial charge in [-0.1, -0.05) is 29.8 Å². The normalized spacial score (nSPS) is 11.9. The maximum atomic E-state index is 12.3. The van der Waals surface area contributed by atoms with Gasteiger partial charge in [0.1, 0.15) is 11.8 Å². The lowest BCUT2D eigenvalue weighted by Gasteiger charge is -2.14. The molecule has 3 rings (SSSR count). The SMILES string of the molecule is Cc1ccc(-c2ccc(=O)n(C(C)C(=O)NCc3ccco3)n2)cc1. The van der Waals surface area contributed by atoms with Gasteiger partial charge in [-0.15, -0.1) is 0 Å². The van der Waals surface area contributed by atoms with Gasteiger partial charge in [-0.25, -0.2) is 4.68 Å². The lowest BCUT2D eigenvalue weighted by Crippen LogP contribution is -2.36. The van der Waals surface area contributed by atoms with E-state index in [0.717, 1.165) is 11.1 Å². The van der Waals surface area contributed by atoms with Gasteiger partial charge in [-0.3, -0.25) is 9.59 Å². The van der Waals surface area contributed by atoms with E-state index in [4.69, 9.17) is 4.42 Å². The van der Waals surface area contributed by atoms with Crippen molar-refractivity contribution in [3.05, 3.63) is 76.5 Å². The Morgan fingerprint density at radius 3 is 2.64 bits per heavy atom. The van der Waals surface area contributed by atoms with E-state index in [-0.39, 0.29) is 18.0 Å². The number of carbonyl (C=O) groups excluding carboxylic acids is 1. The molecule has 0 saturated heterocycles. The summed E-state index contributed by atoms with van der Waals surface area (Å²) in [7, 11) is 0. The molecule has 0 fully saturated rings. The van der Waals surface area contributed by atoms with E-state index in [0.29, 0.717) is 11.5 Å². The summed E-state index contributed by atoms with van der Waals surface area (Å²) in [6, 6.07) is 13.7. The zero-order valence-corrected chi connectivity index (χ0v) is 14.1. The van der Waals surface area contributed by atoms with E-state index in [9.17, 15) is 9.59 Å². The summed E-state index contributed by atoms with van der Waals surface area (Å²) in [4.78, 5) is 24.5. The molecule has 0 aliphatic heterocycles. The fourth-order valence-electron chi connectivity index (χ4n) is 2.43. The standard InChI is InChI=1S/C19H19N3O3/c1-13-5-7-15(8-6-13)17-9-10-18(23)22(21-17)14(2)19(24)20-12-16-4-3-11-25-16/h3-11,14H,12H2,1-2H3,(H,20,24). The van der Waals surface area contributed by atoms with Gasteiger partial charge in [-0.2, -0.15) is 5.10 Å². The van der Waals surface area contributed by atoms with Gasteiger partial charge in [0.2, 0.25) is 5.91 Å². The molecular weight excluding hydrogens is 318 g/mol. The summed E-state index contributed by atoms with van der Waals surface area (Å²) in [5.74, 6) is 0.348. The molecule has 1 atom stereocenters. The Morgan fingerprint density at radius 2 is 1.96 bits per heavy atom. The van der Waals surface area contributed by atoms with Crippen LogP contribution < -0.4 is 10.9 Å². The molecule has 0 spiro atoms. The third-order valence-corrected chi connectivity index (χ3v) is 3.94. The summed E-state index contributed by atoms with van der Waals surface area (Å²) in [6.45, 7) is 3.91. The van der Waals surface area contributed by atoms with Crippen molar-refractivity contribution in [2.75, 3.05) is 0 Å². The minimum Gasteiger partial charge on any atom is -0.467 e. The van der Waals surface area contributed by atoms with Crippen molar-refractivity contribution in [2.45, 2.75) is 26.4 Å². The van der Waals surface area contributed by atoms with Crippen molar-refractivity contribution >= 4 is 5.91 Å². The number of aryl methyl sites for hydroxylation is 1. The molecule has 25 heavy (non-hydrogen) atoms. The predicted molar refractivity (Wildman–Crippen MR) is 93.9 cm³/mol. The Hall–Kier alpha value is -3.15. The Morgan fingerprint density at radius 1 is 1.20 bits per heavy atom. The second-order valence-electron chi connectivity index (χ2n) is 5.84. The van der Waals surface area contributed by atoms with Gasteiger partial charge in [0.25, 0.3) is 5.56 Å². The minimum absolute atomic E-state index is 0.266. The first-order valence-corrected chi connectivity index (χ1v) is 8.01. The molecule has 0 bridgehead atoms. The number of nitrogens with one attached hydrogen (secondary N) is 1. The maximum absolute atomic E-state index is 12.3. The van der Waals surface area contributed by atoms with E-state index in [1.54, 1.807) is 31.4 Å². The van der Waals surface area contributed by atoms with E-state index in [1.165, 1.54) is 10.7 Å². The third-order valence-electron chi connectivity index (χ3n) is 3.94. The molecule has 6 heteroatoms. The summed E-state index contributed by atoms with van der Waals surface area (Å²) in [5, 5.41) is 7.10. The van der Waals surface area contributed by atoms with Crippen molar-refractivity contribution in [3.8, 4) is 11.3 Å². The number of rotatable bonds is 5. The molecule has 1 amide bonds. The molecule has 128 valence electrons. The average molecular weight is 337 g/mol.